The third-order valence-corrected chi connectivity index (χ3v) is 5.72. The van der Waals surface area contributed by atoms with Gasteiger partial charge in [-0.3, -0.25) is 9.59 Å². The molecule has 1 heterocycles. The molecule has 0 aliphatic heterocycles. The van der Waals surface area contributed by atoms with E-state index in [2.05, 4.69) is 10.4 Å². The van der Waals surface area contributed by atoms with E-state index in [1.807, 2.05) is 111 Å². The minimum absolute atomic E-state index is 0.180. The molecule has 1 N–H and O–H groups in total. The highest BCUT2D eigenvalue weighted by atomic mass is 16.2. The summed E-state index contributed by atoms with van der Waals surface area (Å²) in [6.45, 7) is 4.97. The normalized spacial score (nSPS) is 11.2. The van der Waals surface area contributed by atoms with Crippen molar-refractivity contribution in [1.29, 1.82) is 0 Å². The van der Waals surface area contributed by atoms with E-state index in [1.165, 1.54) is 6.20 Å². The van der Waals surface area contributed by atoms with Gasteiger partial charge in [-0.05, 0) is 43.2 Å². The van der Waals surface area contributed by atoms with Crippen molar-refractivity contribution < 1.29 is 9.59 Å². The lowest BCUT2D eigenvalue weighted by molar-refractivity contribution is -0.111. The monoisotopic (exact) mass is 464 g/mol. The summed E-state index contributed by atoms with van der Waals surface area (Å²) in [4.78, 5) is 28.7. The maximum Gasteiger partial charge on any atom is 0.259 e. The number of aromatic nitrogens is 2. The molecule has 0 aliphatic rings. The van der Waals surface area contributed by atoms with Crippen LogP contribution in [0.25, 0.3) is 17.3 Å². The first-order valence-electron chi connectivity index (χ1n) is 11.7. The number of nitrogens with one attached hydrogen (secondary N) is 1. The largest absolute Gasteiger partial charge is 0.339 e. The number of amides is 2. The van der Waals surface area contributed by atoms with Gasteiger partial charge < -0.3 is 10.2 Å². The fourth-order valence-corrected chi connectivity index (χ4v) is 3.86. The average molecular weight is 465 g/mol. The van der Waals surface area contributed by atoms with Crippen molar-refractivity contribution in [3.05, 3.63) is 114 Å². The molecule has 0 bridgehead atoms. The highest BCUT2D eigenvalue weighted by molar-refractivity contribution is 6.29. The van der Waals surface area contributed by atoms with Crippen LogP contribution < -0.4 is 5.32 Å². The molecule has 0 fully saturated rings. The maximum absolute atomic E-state index is 13.7. The molecule has 6 heteroatoms. The predicted molar refractivity (Wildman–Crippen MR) is 140 cm³/mol. The van der Waals surface area contributed by atoms with Crippen LogP contribution in [0.15, 0.2) is 97.2 Å². The number of hydrogen-bond donors (Lipinski definition) is 1. The van der Waals surface area contributed by atoms with E-state index < -0.39 is 0 Å². The Morgan fingerprint density at radius 1 is 0.857 bits per heavy atom. The van der Waals surface area contributed by atoms with Crippen LogP contribution in [0.3, 0.4) is 0 Å². The molecular weight excluding hydrogens is 436 g/mol. The molecule has 1 aromatic heterocycles. The summed E-state index contributed by atoms with van der Waals surface area (Å²) in [6.07, 6.45) is 3.37. The third-order valence-electron chi connectivity index (χ3n) is 5.72. The van der Waals surface area contributed by atoms with E-state index in [0.717, 1.165) is 16.8 Å². The van der Waals surface area contributed by atoms with E-state index in [4.69, 9.17) is 0 Å². The molecule has 0 radical (unpaired) electrons. The van der Waals surface area contributed by atoms with Gasteiger partial charge in [0.2, 0.25) is 0 Å². The van der Waals surface area contributed by atoms with Crippen molar-refractivity contribution in [2.24, 2.45) is 0 Å². The topological polar surface area (TPSA) is 67.2 Å². The van der Waals surface area contributed by atoms with Gasteiger partial charge >= 0.3 is 0 Å². The number of anilines is 1. The summed E-state index contributed by atoms with van der Waals surface area (Å²) < 4.78 is 1.60. The van der Waals surface area contributed by atoms with Crippen LogP contribution in [-0.2, 0) is 4.79 Å². The molecule has 2 amide bonds. The zero-order valence-electron chi connectivity index (χ0n) is 19.9. The Morgan fingerprint density at radius 2 is 1.43 bits per heavy atom. The number of nitrogens with zero attached hydrogens (tertiary/aromatic N) is 3. The molecule has 35 heavy (non-hydrogen) atoms. The van der Waals surface area contributed by atoms with Gasteiger partial charge in [0, 0.05) is 18.7 Å². The van der Waals surface area contributed by atoms with E-state index in [9.17, 15) is 9.59 Å². The molecule has 0 atom stereocenters. The van der Waals surface area contributed by atoms with Crippen LogP contribution in [0.1, 0.15) is 35.3 Å². The zero-order valence-corrected chi connectivity index (χ0v) is 19.9. The summed E-state index contributed by atoms with van der Waals surface area (Å²) in [5.74, 6) is -0.167. The second-order valence-electron chi connectivity index (χ2n) is 7.92. The molecule has 4 aromatic rings. The molecule has 0 saturated carbocycles. The Hall–Kier alpha value is -4.45. The van der Waals surface area contributed by atoms with Gasteiger partial charge in [-0.25, -0.2) is 4.68 Å². The summed E-state index contributed by atoms with van der Waals surface area (Å²) in [5, 5.41) is 7.47. The zero-order chi connectivity index (χ0) is 24.6. The Bertz CT molecular complexity index is 1310. The number of carbonyl (C=O) groups excluding carboxylic acids is 2. The lowest BCUT2D eigenvalue weighted by atomic mass is 10.0. The molecule has 3 aromatic carbocycles. The van der Waals surface area contributed by atoms with Crippen LogP contribution in [-0.4, -0.2) is 39.6 Å². The van der Waals surface area contributed by atoms with Crippen LogP contribution >= 0.6 is 0 Å². The molecule has 0 unspecified atom stereocenters. The Morgan fingerprint density at radius 3 is 2.03 bits per heavy atom. The van der Waals surface area contributed by atoms with E-state index in [-0.39, 0.29) is 11.8 Å². The van der Waals surface area contributed by atoms with Crippen molar-refractivity contribution >= 4 is 29.3 Å². The highest BCUT2D eigenvalue weighted by Crippen LogP contribution is 2.25. The third kappa shape index (κ3) is 5.38. The van der Waals surface area contributed by atoms with Crippen molar-refractivity contribution in [2.45, 2.75) is 13.8 Å². The van der Waals surface area contributed by atoms with Gasteiger partial charge in [-0.15, -0.1) is 0 Å². The molecule has 6 nitrogen and oxygen atoms in total. The minimum Gasteiger partial charge on any atom is -0.339 e. The van der Waals surface area contributed by atoms with Gasteiger partial charge in [0.1, 0.15) is 11.4 Å². The van der Waals surface area contributed by atoms with Gasteiger partial charge in [0.15, 0.2) is 0 Å². The van der Waals surface area contributed by atoms with E-state index >= 15 is 0 Å². The van der Waals surface area contributed by atoms with Crippen LogP contribution in [0.5, 0.6) is 0 Å². The summed E-state index contributed by atoms with van der Waals surface area (Å²) >= 11 is 0. The first-order chi connectivity index (χ1) is 17.1. The van der Waals surface area contributed by atoms with Gasteiger partial charge in [0.25, 0.3) is 11.8 Å². The van der Waals surface area contributed by atoms with Gasteiger partial charge in [-0.2, -0.15) is 5.10 Å². The van der Waals surface area contributed by atoms with Crippen molar-refractivity contribution in [3.63, 3.8) is 0 Å². The molecular formula is C29H28N4O2. The van der Waals surface area contributed by atoms with Crippen LogP contribution in [0.4, 0.5) is 5.82 Å². The van der Waals surface area contributed by atoms with Crippen molar-refractivity contribution in [1.82, 2.24) is 14.7 Å². The first-order valence-corrected chi connectivity index (χ1v) is 11.7. The number of hydrogen-bond acceptors (Lipinski definition) is 3. The SMILES string of the molecule is CCN(CC)C(=O)c1cnn(-c2ccccc2)c1NC(=O)/C(=C\c1ccccc1)c1ccccc1. The molecule has 4 rings (SSSR count). The highest BCUT2D eigenvalue weighted by Gasteiger charge is 2.24. The fraction of sp³-hybridized carbons (Fsp3) is 0.138. The first kappa shape index (κ1) is 23.7. The second-order valence-corrected chi connectivity index (χ2v) is 7.92. The number of carbonyl (C=O) groups is 2. The van der Waals surface area contributed by atoms with Gasteiger partial charge in [0.05, 0.1) is 11.9 Å². The summed E-state index contributed by atoms with van der Waals surface area (Å²) in [5.41, 5.74) is 3.25. The van der Waals surface area contributed by atoms with Crippen molar-refractivity contribution in [2.75, 3.05) is 18.4 Å². The molecule has 176 valence electrons. The predicted octanol–water partition coefficient (Wildman–Crippen LogP) is 5.53. The standard InChI is InChI=1S/C29H28N4O2/c1-3-32(4-2)29(35)26-21-30-33(24-18-12-7-13-19-24)27(26)31-28(34)25(23-16-10-6-11-17-23)20-22-14-8-5-9-15-22/h5-21H,3-4H2,1-2H3,(H,31,34)/b25-20-. The van der Waals surface area contributed by atoms with E-state index in [1.54, 1.807) is 9.58 Å². The van der Waals surface area contributed by atoms with Crippen LogP contribution in [0.2, 0.25) is 0 Å². The molecule has 0 aliphatic carbocycles. The van der Waals surface area contributed by atoms with Gasteiger partial charge in [-0.1, -0.05) is 78.9 Å². The lowest BCUT2D eigenvalue weighted by Crippen LogP contribution is -2.31. The quantitative estimate of drug-likeness (QED) is 0.275. The Kier molecular flexibility index (Phi) is 7.53. The number of para-hydroxylation sites is 1. The second kappa shape index (κ2) is 11.1. The average Bonchev–Trinajstić information content (AvgIpc) is 3.32. The Balaban J connectivity index is 1.79. The van der Waals surface area contributed by atoms with Crippen molar-refractivity contribution in [3.8, 4) is 5.69 Å². The maximum atomic E-state index is 13.7. The smallest absolute Gasteiger partial charge is 0.259 e. The Labute approximate surface area is 205 Å². The lowest BCUT2D eigenvalue weighted by Gasteiger charge is -2.19. The molecule has 0 saturated heterocycles. The fourth-order valence-electron chi connectivity index (χ4n) is 3.86. The number of rotatable bonds is 8. The number of benzene rings is 3. The summed E-state index contributed by atoms with van der Waals surface area (Å²) in [7, 11) is 0. The van der Waals surface area contributed by atoms with E-state index in [0.29, 0.717) is 30.0 Å². The minimum atomic E-state index is -0.327. The van der Waals surface area contributed by atoms with Crippen LogP contribution in [0, 0.1) is 0 Å². The molecule has 0 spiro atoms. The summed E-state index contributed by atoms with van der Waals surface area (Å²) in [6, 6.07) is 28.6.